The Hall–Kier alpha value is -3.29. The lowest BCUT2D eigenvalue weighted by Gasteiger charge is -2.53. The van der Waals surface area contributed by atoms with Gasteiger partial charge in [0.15, 0.2) is 11.4 Å². The lowest BCUT2D eigenvalue weighted by Crippen LogP contribution is -2.68. The van der Waals surface area contributed by atoms with Gasteiger partial charge in [-0.1, -0.05) is 32.9 Å². The Morgan fingerprint density at radius 3 is 2.39 bits per heavy atom. The van der Waals surface area contributed by atoms with Gasteiger partial charge in [-0.2, -0.15) is 0 Å². The molecule has 1 heterocycles. The number of hydrogen-bond acceptors (Lipinski definition) is 11. The molecule has 6 atom stereocenters. The number of benzene rings is 1. The Bertz CT molecular complexity index is 1460. The number of aliphatic hydroxyl groups is 4. The van der Waals surface area contributed by atoms with Crippen molar-refractivity contribution >= 4 is 17.5 Å². The number of phenolic OH excluding ortho intramolecular Hbond substituents is 1. The van der Waals surface area contributed by atoms with E-state index in [1.54, 1.807) is 19.1 Å². The predicted octanol–water partition coefficient (Wildman–Crippen LogP) is 1.04. The predicted molar refractivity (Wildman–Crippen MR) is 159 cm³/mol. The maximum absolute atomic E-state index is 14.2. The summed E-state index contributed by atoms with van der Waals surface area (Å²) in [6.45, 7) is 9.69. The topological polar surface area (TPSA) is 194 Å². The lowest BCUT2D eigenvalue weighted by molar-refractivity contribution is -0.162. The van der Waals surface area contributed by atoms with Crippen molar-refractivity contribution in [2.24, 2.45) is 17.6 Å². The molecule has 12 nitrogen and oxygen atoms in total. The Labute approximate surface area is 256 Å². The van der Waals surface area contributed by atoms with Crippen LogP contribution in [0, 0.1) is 11.8 Å². The van der Waals surface area contributed by atoms with Gasteiger partial charge in [0.25, 0.3) is 5.91 Å². The Morgan fingerprint density at radius 1 is 1.16 bits per heavy atom. The fourth-order valence-electron chi connectivity index (χ4n) is 7.87. The van der Waals surface area contributed by atoms with Crippen LogP contribution in [0.25, 0.3) is 0 Å². The molecule has 0 aromatic heterocycles. The smallest absolute Gasteiger partial charge is 0.255 e. The number of aromatic hydroxyl groups is 1. The summed E-state index contributed by atoms with van der Waals surface area (Å²) < 4.78 is 5.42. The molecule has 0 saturated carbocycles. The second kappa shape index (κ2) is 11.3. The fraction of sp³-hybridized carbons (Fsp3) is 0.594. The molecule has 0 radical (unpaired) electrons. The van der Waals surface area contributed by atoms with E-state index in [4.69, 9.17) is 10.5 Å². The molecule has 1 aliphatic heterocycles. The van der Waals surface area contributed by atoms with Crippen LogP contribution in [0.1, 0.15) is 61.0 Å². The molecule has 5 rings (SSSR count). The van der Waals surface area contributed by atoms with Crippen LogP contribution < -0.4 is 5.73 Å². The lowest BCUT2D eigenvalue weighted by atomic mass is 9.55. The van der Waals surface area contributed by atoms with Gasteiger partial charge in [0, 0.05) is 30.1 Å². The normalized spacial score (nSPS) is 31.2. The first kappa shape index (κ1) is 32.1. The molecule has 4 aliphatic rings. The number of ketones is 2. The summed E-state index contributed by atoms with van der Waals surface area (Å²) in [5.74, 6) is -8.85. The second-order valence-corrected chi connectivity index (χ2v) is 13.4. The number of carbonyl (C=O) groups is 3. The standard InChI is InChI=1S/C32H43N3O9/c1-15-16-7-8-17(31(2,3)9-6-10-35-11-13-44-14-12-35)24(36)19(16)25(37)20-18(15)26(38)22-23(34(4)5)27(39)21(30(33)42)29(41)32(22,43)28(20)40/h7-8,15,18,22-23,26,36,38-40,43H,6,9-14H2,1-5H3,(H2,33,42)/t15-,18+,22+,23-,26-,32-/m0/s1. The van der Waals surface area contributed by atoms with Crippen LogP contribution in [0.5, 0.6) is 5.75 Å². The van der Waals surface area contributed by atoms with Crippen molar-refractivity contribution in [3.8, 4) is 5.75 Å². The Morgan fingerprint density at radius 2 is 1.80 bits per heavy atom. The van der Waals surface area contributed by atoms with Crippen molar-refractivity contribution in [1.29, 1.82) is 0 Å². The molecular formula is C32H43N3O9. The van der Waals surface area contributed by atoms with Gasteiger partial charge in [-0.25, -0.2) is 0 Å². The van der Waals surface area contributed by atoms with Crippen LogP contribution in [-0.4, -0.2) is 117 Å². The average Bonchev–Trinajstić information content (AvgIpc) is 2.95. The molecular weight excluding hydrogens is 570 g/mol. The van der Waals surface area contributed by atoms with Crippen LogP contribution >= 0.6 is 0 Å². The second-order valence-electron chi connectivity index (χ2n) is 13.4. The maximum atomic E-state index is 14.2. The number of phenols is 1. The van der Waals surface area contributed by atoms with Crippen molar-refractivity contribution < 1.29 is 44.7 Å². The van der Waals surface area contributed by atoms with Crippen molar-refractivity contribution in [2.45, 2.75) is 62.7 Å². The summed E-state index contributed by atoms with van der Waals surface area (Å²) in [5, 5.41) is 57.8. The summed E-state index contributed by atoms with van der Waals surface area (Å²) in [5.41, 5.74) is 1.52. The van der Waals surface area contributed by atoms with Crippen molar-refractivity contribution in [3.63, 3.8) is 0 Å². The molecule has 44 heavy (non-hydrogen) atoms. The first-order valence-corrected chi connectivity index (χ1v) is 15.1. The van der Waals surface area contributed by atoms with Crippen molar-refractivity contribution in [1.82, 2.24) is 9.80 Å². The zero-order valence-corrected chi connectivity index (χ0v) is 25.8. The zero-order valence-electron chi connectivity index (χ0n) is 25.8. The highest BCUT2D eigenvalue weighted by molar-refractivity contribution is 6.25. The number of hydrogen-bond donors (Lipinski definition) is 6. The van der Waals surface area contributed by atoms with E-state index in [1.807, 2.05) is 13.8 Å². The van der Waals surface area contributed by atoms with E-state index in [0.717, 1.165) is 26.1 Å². The number of rotatable bonds is 7. The number of morpholine rings is 1. The quantitative estimate of drug-likeness (QED) is 0.241. The van der Waals surface area contributed by atoms with Crippen LogP contribution in [0.3, 0.4) is 0 Å². The summed E-state index contributed by atoms with van der Waals surface area (Å²) in [7, 11) is 3.01. The van der Waals surface area contributed by atoms with Crippen LogP contribution in [0.15, 0.2) is 34.8 Å². The van der Waals surface area contributed by atoms with E-state index >= 15 is 0 Å². The number of aliphatic hydroxyl groups excluding tert-OH is 3. The average molecular weight is 614 g/mol. The number of carbonyl (C=O) groups excluding carboxylic acids is 3. The van der Waals surface area contributed by atoms with E-state index in [0.29, 0.717) is 30.8 Å². The highest BCUT2D eigenvalue weighted by Crippen LogP contribution is 2.56. The summed E-state index contributed by atoms with van der Waals surface area (Å²) >= 11 is 0. The number of likely N-dealkylation sites (N-methyl/N-ethyl adjacent to an activating group) is 1. The summed E-state index contributed by atoms with van der Waals surface area (Å²) in [6, 6.07) is 2.24. The number of nitrogens with zero attached hydrogens (tertiary/aromatic N) is 2. The number of Topliss-reactive ketones (excluding diaryl/α,β-unsaturated/α-hetero) is 2. The third-order valence-electron chi connectivity index (χ3n) is 10.2. The zero-order chi connectivity index (χ0) is 32.5. The van der Waals surface area contributed by atoms with Crippen LogP contribution in [0.4, 0.5) is 0 Å². The molecule has 7 N–H and O–H groups in total. The van der Waals surface area contributed by atoms with Gasteiger partial charge in [-0.3, -0.25) is 24.2 Å². The maximum Gasteiger partial charge on any atom is 0.255 e. The van der Waals surface area contributed by atoms with Crippen molar-refractivity contribution in [2.75, 3.05) is 46.9 Å². The first-order valence-electron chi connectivity index (χ1n) is 15.1. The number of ether oxygens (including phenoxy) is 1. The number of primary amides is 1. The minimum Gasteiger partial charge on any atom is -0.510 e. The number of fused-ring (bicyclic) bond motifs is 3. The molecule has 1 saturated heterocycles. The minimum atomic E-state index is -2.93. The van der Waals surface area contributed by atoms with E-state index in [-0.39, 0.29) is 11.3 Å². The molecule has 0 unspecified atom stereocenters. The van der Waals surface area contributed by atoms with Crippen molar-refractivity contribution in [3.05, 3.63) is 51.5 Å². The molecule has 3 aliphatic carbocycles. The Kier molecular flexibility index (Phi) is 8.21. The molecule has 1 amide bonds. The molecule has 0 spiro atoms. The third kappa shape index (κ3) is 4.66. The highest BCUT2D eigenvalue weighted by Gasteiger charge is 2.67. The molecule has 240 valence electrons. The summed E-state index contributed by atoms with van der Waals surface area (Å²) in [4.78, 5) is 43.7. The van der Waals surface area contributed by atoms with Gasteiger partial charge < -0.3 is 36.0 Å². The largest absolute Gasteiger partial charge is 0.510 e. The molecule has 1 aromatic carbocycles. The van der Waals surface area contributed by atoms with Crippen LogP contribution in [-0.2, 0) is 19.7 Å². The molecule has 1 aromatic rings. The molecule has 12 heteroatoms. The van der Waals surface area contributed by atoms with Crippen LogP contribution in [0.2, 0.25) is 0 Å². The Balaban J connectivity index is 1.58. The van der Waals surface area contributed by atoms with Gasteiger partial charge in [0.1, 0.15) is 22.8 Å². The van der Waals surface area contributed by atoms with Gasteiger partial charge in [-0.05, 0) is 50.4 Å². The van der Waals surface area contributed by atoms with Gasteiger partial charge in [0.2, 0.25) is 5.78 Å². The monoisotopic (exact) mass is 613 g/mol. The highest BCUT2D eigenvalue weighted by atomic mass is 16.5. The van der Waals surface area contributed by atoms with E-state index in [2.05, 4.69) is 4.90 Å². The third-order valence-corrected chi connectivity index (χ3v) is 10.2. The van der Waals surface area contributed by atoms with E-state index in [1.165, 1.54) is 19.0 Å². The summed E-state index contributed by atoms with van der Waals surface area (Å²) in [6.07, 6.45) is -0.0619. The number of nitrogens with two attached hydrogens (primary N) is 1. The SMILES string of the molecule is C[C@H]1c2ccc(C(C)(C)CCCN3CCOCC3)c(O)c2C(=O)C2=C(O)[C@]3(O)C(=O)C(C(N)=O)=C(O)[C@@H](N(C)C)[C@@H]3[C@@H](O)[C@@H]21. The van der Waals surface area contributed by atoms with Gasteiger partial charge in [-0.15, -0.1) is 0 Å². The minimum absolute atomic E-state index is 0.0655. The van der Waals surface area contributed by atoms with E-state index < -0.39 is 81.1 Å². The van der Waals surface area contributed by atoms with Gasteiger partial charge >= 0.3 is 0 Å². The molecule has 0 bridgehead atoms. The molecule has 1 fully saturated rings. The first-order chi connectivity index (χ1) is 20.6. The van der Waals surface area contributed by atoms with E-state index in [9.17, 15) is 39.9 Å². The number of amides is 1. The van der Waals surface area contributed by atoms with Gasteiger partial charge in [0.05, 0.1) is 36.8 Å². The fourth-order valence-corrected chi connectivity index (χ4v) is 7.87.